The molecule has 0 saturated carbocycles. The van der Waals surface area contributed by atoms with Gasteiger partial charge in [-0.3, -0.25) is 19.7 Å². The van der Waals surface area contributed by atoms with Crippen molar-refractivity contribution in [3.05, 3.63) is 52.6 Å². The number of rotatable bonds is 5. The molecule has 1 aliphatic heterocycles. The Hall–Kier alpha value is -3.07. The van der Waals surface area contributed by atoms with Crippen molar-refractivity contribution in [2.24, 2.45) is 0 Å². The summed E-state index contributed by atoms with van der Waals surface area (Å²) in [5, 5.41) is 15.7. The van der Waals surface area contributed by atoms with Crippen LogP contribution in [0.4, 0.5) is 17.1 Å². The number of amides is 2. The molecule has 26 heavy (non-hydrogen) atoms. The van der Waals surface area contributed by atoms with Crippen molar-refractivity contribution in [3.63, 3.8) is 0 Å². The number of fused-ring (bicyclic) bond motifs is 1. The van der Waals surface area contributed by atoms with Gasteiger partial charge in [-0.1, -0.05) is 12.1 Å². The molecule has 2 aromatic carbocycles. The maximum atomic E-state index is 12.3. The Morgan fingerprint density at radius 2 is 2.12 bits per heavy atom. The Morgan fingerprint density at radius 1 is 1.35 bits per heavy atom. The van der Waals surface area contributed by atoms with Crippen LogP contribution in [0.25, 0.3) is 0 Å². The molecule has 2 aromatic rings. The lowest BCUT2D eigenvalue weighted by Crippen LogP contribution is -2.32. The number of carbonyl (C=O) groups is 2. The number of hydrogen-bond donors (Lipinski definition) is 2. The van der Waals surface area contributed by atoms with Gasteiger partial charge in [0.1, 0.15) is 5.75 Å². The number of thioether (sulfide) groups is 1. The third kappa shape index (κ3) is 3.77. The fourth-order valence-corrected chi connectivity index (χ4v) is 3.60. The van der Waals surface area contributed by atoms with E-state index in [0.29, 0.717) is 5.69 Å². The lowest BCUT2D eigenvalue weighted by atomic mass is 10.2. The largest absolute Gasteiger partial charge is 0.494 e. The van der Waals surface area contributed by atoms with E-state index in [1.807, 2.05) is 18.2 Å². The SMILES string of the molecule is COc1cc([N+](=O)[O-])ccc1NC(=O)C[C@H]1Sc2ccccc2NC1=O. The fraction of sp³-hybridized carbons (Fsp3) is 0.176. The van der Waals surface area contributed by atoms with Crippen molar-refractivity contribution in [2.75, 3.05) is 17.7 Å². The average molecular weight is 373 g/mol. The van der Waals surface area contributed by atoms with Crippen molar-refractivity contribution < 1.29 is 19.2 Å². The summed E-state index contributed by atoms with van der Waals surface area (Å²) < 4.78 is 5.09. The van der Waals surface area contributed by atoms with Gasteiger partial charge in [0.25, 0.3) is 5.69 Å². The summed E-state index contributed by atoms with van der Waals surface area (Å²) in [5.74, 6) is -0.442. The number of non-ortho nitro benzene ring substituents is 1. The maximum Gasteiger partial charge on any atom is 0.273 e. The number of nitrogens with zero attached hydrogens (tertiary/aromatic N) is 1. The Morgan fingerprint density at radius 3 is 2.85 bits per heavy atom. The van der Waals surface area contributed by atoms with E-state index in [-0.39, 0.29) is 29.7 Å². The molecule has 2 amide bonds. The molecule has 0 radical (unpaired) electrons. The van der Waals surface area contributed by atoms with Gasteiger partial charge in [0.15, 0.2) is 0 Å². The number of carbonyl (C=O) groups excluding carboxylic acids is 2. The second kappa shape index (κ2) is 7.44. The highest BCUT2D eigenvalue weighted by molar-refractivity contribution is 8.01. The van der Waals surface area contributed by atoms with E-state index in [9.17, 15) is 19.7 Å². The number of para-hydroxylation sites is 1. The van der Waals surface area contributed by atoms with Gasteiger partial charge in [0, 0.05) is 17.4 Å². The second-order valence-corrected chi connectivity index (χ2v) is 6.73. The van der Waals surface area contributed by atoms with Crippen LogP contribution in [0.3, 0.4) is 0 Å². The summed E-state index contributed by atoms with van der Waals surface area (Å²) >= 11 is 1.33. The number of nitrogens with one attached hydrogen (secondary N) is 2. The number of methoxy groups -OCH3 is 1. The molecule has 1 atom stereocenters. The Bertz CT molecular complexity index is 886. The number of ether oxygens (including phenoxy) is 1. The molecule has 3 rings (SSSR count). The summed E-state index contributed by atoms with van der Waals surface area (Å²) in [4.78, 5) is 35.7. The molecule has 0 unspecified atom stereocenters. The topological polar surface area (TPSA) is 111 Å². The van der Waals surface area contributed by atoms with Gasteiger partial charge in [-0.05, 0) is 18.2 Å². The smallest absolute Gasteiger partial charge is 0.273 e. The predicted octanol–water partition coefficient (Wildman–Crippen LogP) is 3.04. The van der Waals surface area contributed by atoms with Crippen LogP contribution in [0.1, 0.15) is 6.42 Å². The molecule has 0 aliphatic carbocycles. The molecular weight excluding hydrogens is 358 g/mol. The molecular formula is C17H15N3O5S. The zero-order valence-electron chi connectivity index (χ0n) is 13.7. The zero-order chi connectivity index (χ0) is 18.7. The van der Waals surface area contributed by atoms with Crippen LogP contribution < -0.4 is 15.4 Å². The Labute approximate surface area is 153 Å². The molecule has 0 spiro atoms. The maximum absolute atomic E-state index is 12.3. The van der Waals surface area contributed by atoms with Crippen molar-refractivity contribution in [3.8, 4) is 5.75 Å². The Balaban J connectivity index is 1.70. The van der Waals surface area contributed by atoms with Crippen molar-refractivity contribution in [1.29, 1.82) is 0 Å². The molecule has 134 valence electrons. The van der Waals surface area contributed by atoms with Gasteiger partial charge < -0.3 is 15.4 Å². The quantitative estimate of drug-likeness (QED) is 0.616. The first-order valence-electron chi connectivity index (χ1n) is 7.67. The van der Waals surface area contributed by atoms with Crippen LogP contribution in [-0.2, 0) is 9.59 Å². The number of benzene rings is 2. The molecule has 8 nitrogen and oxygen atoms in total. The van der Waals surface area contributed by atoms with Gasteiger partial charge in [0.2, 0.25) is 11.8 Å². The van der Waals surface area contributed by atoms with Crippen LogP contribution in [0.5, 0.6) is 5.75 Å². The third-order valence-corrected chi connectivity index (χ3v) is 5.02. The molecule has 9 heteroatoms. The fourth-order valence-electron chi connectivity index (χ4n) is 2.49. The molecule has 0 saturated heterocycles. The molecule has 1 aliphatic rings. The first kappa shape index (κ1) is 17.7. The normalized spacial score (nSPS) is 15.6. The minimum Gasteiger partial charge on any atom is -0.494 e. The highest BCUT2D eigenvalue weighted by Crippen LogP contribution is 2.37. The summed E-state index contributed by atoms with van der Waals surface area (Å²) in [7, 11) is 1.36. The average Bonchev–Trinajstić information content (AvgIpc) is 2.62. The molecule has 2 N–H and O–H groups in total. The van der Waals surface area contributed by atoms with E-state index >= 15 is 0 Å². The van der Waals surface area contributed by atoms with Crippen LogP contribution in [0.15, 0.2) is 47.4 Å². The van der Waals surface area contributed by atoms with Gasteiger partial charge >= 0.3 is 0 Å². The summed E-state index contributed by atoms with van der Waals surface area (Å²) in [6.45, 7) is 0. The lowest BCUT2D eigenvalue weighted by Gasteiger charge is -2.23. The first-order valence-corrected chi connectivity index (χ1v) is 8.54. The predicted molar refractivity (Wildman–Crippen MR) is 97.6 cm³/mol. The van der Waals surface area contributed by atoms with Gasteiger partial charge in [-0.25, -0.2) is 0 Å². The van der Waals surface area contributed by atoms with Crippen LogP contribution in [-0.4, -0.2) is 29.1 Å². The third-order valence-electron chi connectivity index (χ3n) is 3.75. The second-order valence-electron chi connectivity index (χ2n) is 5.49. The zero-order valence-corrected chi connectivity index (χ0v) is 14.5. The van der Waals surface area contributed by atoms with Gasteiger partial charge in [0.05, 0.1) is 34.7 Å². The van der Waals surface area contributed by atoms with Gasteiger partial charge in [-0.15, -0.1) is 11.8 Å². The molecule has 0 bridgehead atoms. The number of nitro benzene ring substituents is 1. The van der Waals surface area contributed by atoms with E-state index in [0.717, 1.165) is 10.6 Å². The number of nitro groups is 1. The number of anilines is 2. The monoisotopic (exact) mass is 373 g/mol. The Kier molecular flexibility index (Phi) is 5.08. The highest BCUT2D eigenvalue weighted by Gasteiger charge is 2.29. The first-order chi connectivity index (χ1) is 12.5. The van der Waals surface area contributed by atoms with Crippen LogP contribution in [0.2, 0.25) is 0 Å². The van der Waals surface area contributed by atoms with E-state index in [2.05, 4.69) is 10.6 Å². The van der Waals surface area contributed by atoms with Crippen molar-refractivity contribution in [1.82, 2.24) is 0 Å². The lowest BCUT2D eigenvalue weighted by molar-refractivity contribution is -0.384. The molecule has 0 fully saturated rings. The summed E-state index contributed by atoms with van der Waals surface area (Å²) in [6.07, 6.45) is -0.0367. The highest BCUT2D eigenvalue weighted by atomic mass is 32.2. The van der Waals surface area contributed by atoms with E-state index in [1.165, 1.54) is 37.1 Å². The van der Waals surface area contributed by atoms with Crippen LogP contribution in [0, 0.1) is 10.1 Å². The minimum atomic E-state index is -0.561. The van der Waals surface area contributed by atoms with E-state index in [4.69, 9.17) is 4.74 Å². The summed E-state index contributed by atoms with van der Waals surface area (Å²) in [6, 6.07) is 11.3. The van der Waals surface area contributed by atoms with E-state index < -0.39 is 10.2 Å². The standard InChI is InChI=1S/C17H15N3O5S/c1-25-13-8-10(20(23)24)6-7-11(13)18-16(21)9-15-17(22)19-12-4-2-3-5-14(12)26-15/h2-8,15H,9H2,1H3,(H,18,21)(H,19,22)/t15-/m1/s1. The summed E-state index contributed by atoms with van der Waals surface area (Å²) in [5.41, 5.74) is 0.902. The van der Waals surface area contributed by atoms with Gasteiger partial charge in [-0.2, -0.15) is 0 Å². The van der Waals surface area contributed by atoms with Crippen molar-refractivity contribution >= 4 is 40.6 Å². The van der Waals surface area contributed by atoms with E-state index in [1.54, 1.807) is 6.07 Å². The van der Waals surface area contributed by atoms with Crippen LogP contribution >= 0.6 is 11.8 Å². The number of hydrogen-bond acceptors (Lipinski definition) is 6. The molecule has 1 heterocycles. The minimum absolute atomic E-state index is 0.0367. The molecule has 0 aromatic heterocycles. The van der Waals surface area contributed by atoms with Crippen molar-refractivity contribution in [2.45, 2.75) is 16.6 Å².